The van der Waals surface area contributed by atoms with Gasteiger partial charge in [-0.2, -0.15) is 5.10 Å². The maximum atomic E-state index is 9.97. The van der Waals surface area contributed by atoms with Gasteiger partial charge in [-0.3, -0.25) is 0 Å². The van der Waals surface area contributed by atoms with Gasteiger partial charge < -0.3 is 10.0 Å². The molecule has 0 aliphatic heterocycles. The highest BCUT2D eigenvalue weighted by Gasteiger charge is 2.24. The van der Waals surface area contributed by atoms with Gasteiger partial charge in [0, 0.05) is 17.9 Å². The highest BCUT2D eigenvalue weighted by molar-refractivity contribution is 5.48. The van der Waals surface area contributed by atoms with Crippen LogP contribution in [0.15, 0.2) is 60.7 Å². The average molecular weight is 347 g/mol. The Morgan fingerprint density at radius 3 is 2.42 bits per heavy atom. The second-order valence-electron chi connectivity index (χ2n) is 7.04. The summed E-state index contributed by atoms with van der Waals surface area (Å²) < 4.78 is 2.11. The lowest BCUT2D eigenvalue weighted by Crippen LogP contribution is -2.31. The Bertz CT molecular complexity index is 856. The number of rotatable bonds is 6. The second kappa shape index (κ2) is 7.34. The summed E-state index contributed by atoms with van der Waals surface area (Å²) in [5.74, 6) is 0. The van der Waals surface area contributed by atoms with Crippen molar-refractivity contribution in [2.45, 2.75) is 38.8 Å². The first kappa shape index (κ1) is 16.9. The van der Waals surface area contributed by atoms with Crippen molar-refractivity contribution in [3.05, 3.63) is 77.6 Å². The van der Waals surface area contributed by atoms with Crippen LogP contribution in [0.4, 0.5) is 5.69 Å². The molecule has 1 heterocycles. The van der Waals surface area contributed by atoms with E-state index in [2.05, 4.69) is 46.0 Å². The standard InChI is InChI=1S/C22H25N3O/c1-17(26)15-24(18-9-4-2-5-10-18)16-21-20-13-8-14-22(20)25(23-21)19-11-6-3-7-12-19/h2-7,9-12,17,26H,8,13-16H2,1H3. The van der Waals surface area contributed by atoms with E-state index < -0.39 is 0 Å². The molecule has 1 aliphatic carbocycles. The number of aromatic nitrogens is 2. The van der Waals surface area contributed by atoms with Gasteiger partial charge in [-0.1, -0.05) is 36.4 Å². The summed E-state index contributed by atoms with van der Waals surface area (Å²) in [6, 6.07) is 20.7. The van der Waals surface area contributed by atoms with Gasteiger partial charge in [-0.25, -0.2) is 4.68 Å². The van der Waals surface area contributed by atoms with E-state index in [1.165, 1.54) is 17.7 Å². The number of aliphatic hydroxyl groups is 1. The van der Waals surface area contributed by atoms with Crippen LogP contribution in [0.5, 0.6) is 0 Å². The fourth-order valence-electron chi connectivity index (χ4n) is 3.82. The fourth-order valence-corrected chi connectivity index (χ4v) is 3.82. The second-order valence-corrected chi connectivity index (χ2v) is 7.04. The van der Waals surface area contributed by atoms with E-state index in [0.717, 1.165) is 36.5 Å². The first-order chi connectivity index (χ1) is 12.7. The molecule has 26 heavy (non-hydrogen) atoms. The molecular weight excluding hydrogens is 322 g/mol. The third kappa shape index (κ3) is 3.37. The normalized spacial score (nSPS) is 14.2. The van der Waals surface area contributed by atoms with Gasteiger partial charge in [0.05, 0.1) is 24.0 Å². The van der Waals surface area contributed by atoms with Crippen molar-refractivity contribution >= 4 is 5.69 Å². The molecular formula is C22H25N3O. The summed E-state index contributed by atoms with van der Waals surface area (Å²) in [5.41, 5.74) is 6.11. The molecule has 134 valence electrons. The number of hydrogen-bond donors (Lipinski definition) is 1. The molecule has 4 rings (SSSR count). The van der Waals surface area contributed by atoms with Crippen LogP contribution in [0.1, 0.15) is 30.3 Å². The summed E-state index contributed by atoms with van der Waals surface area (Å²) in [6.07, 6.45) is 2.97. The Morgan fingerprint density at radius 1 is 1.04 bits per heavy atom. The zero-order chi connectivity index (χ0) is 17.9. The number of anilines is 1. The van der Waals surface area contributed by atoms with Gasteiger partial charge in [0.1, 0.15) is 0 Å². The van der Waals surface area contributed by atoms with E-state index in [4.69, 9.17) is 5.10 Å². The molecule has 4 nitrogen and oxygen atoms in total. The van der Waals surface area contributed by atoms with Crippen molar-refractivity contribution in [3.63, 3.8) is 0 Å². The zero-order valence-corrected chi connectivity index (χ0v) is 15.2. The lowest BCUT2D eigenvalue weighted by atomic mass is 10.1. The lowest BCUT2D eigenvalue weighted by Gasteiger charge is -2.25. The van der Waals surface area contributed by atoms with Gasteiger partial charge in [0.15, 0.2) is 0 Å². The molecule has 0 amide bonds. The predicted octanol–water partition coefficient (Wildman–Crippen LogP) is 3.75. The zero-order valence-electron chi connectivity index (χ0n) is 15.2. The SMILES string of the molecule is CC(O)CN(Cc1nn(-c2ccccc2)c2c1CCC2)c1ccccc1. The molecule has 1 N–H and O–H groups in total. The third-order valence-electron chi connectivity index (χ3n) is 4.96. The quantitative estimate of drug-likeness (QED) is 0.738. The van der Waals surface area contributed by atoms with E-state index in [9.17, 15) is 5.11 Å². The molecule has 0 saturated carbocycles. The minimum atomic E-state index is -0.389. The van der Waals surface area contributed by atoms with Crippen LogP contribution in [0.25, 0.3) is 5.69 Å². The molecule has 0 fully saturated rings. The summed E-state index contributed by atoms with van der Waals surface area (Å²) >= 11 is 0. The number of fused-ring (bicyclic) bond motifs is 1. The summed E-state index contributed by atoms with van der Waals surface area (Å²) in [7, 11) is 0. The van der Waals surface area contributed by atoms with Crippen molar-refractivity contribution < 1.29 is 5.11 Å². The van der Waals surface area contributed by atoms with Crippen LogP contribution in [-0.2, 0) is 19.4 Å². The van der Waals surface area contributed by atoms with E-state index in [1.54, 1.807) is 0 Å². The number of para-hydroxylation sites is 2. The van der Waals surface area contributed by atoms with Gasteiger partial charge >= 0.3 is 0 Å². The minimum Gasteiger partial charge on any atom is -0.392 e. The van der Waals surface area contributed by atoms with Crippen LogP contribution in [0.2, 0.25) is 0 Å². The minimum absolute atomic E-state index is 0.389. The van der Waals surface area contributed by atoms with Crippen LogP contribution >= 0.6 is 0 Å². The smallest absolute Gasteiger partial charge is 0.0856 e. The van der Waals surface area contributed by atoms with Crippen LogP contribution in [-0.4, -0.2) is 27.5 Å². The first-order valence-corrected chi connectivity index (χ1v) is 9.35. The highest BCUT2D eigenvalue weighted by atomic mass is 16.3. The molecule has 0 radical (unpaired) electrons. The molecule has 0 saturated heterocycles. The first-order valence-electron chi connectivity index (χ1n) is 9.35. The Hall–Kier alpha value is -2.59. The Labute approximate surface area is 154 Å². The van der Waals surface area contributed by atoms with Gasteiger partial charge in [0.25, 0.3) is 0 Å². The number of benzene rings is 2. The van der Waals surface area contributed by atoms with Crippen LogP contribution in [0, 0.1) is 0 Å². The molecule has 3 aromatic rings. The van der Waals surface area contributed by atoms with E-state index in [0.29, 0.717) is 6.54 Å². The predicted molar refractivity (Wildman–Crippen MR) is 105 cm³/mol. The molecule has 1 atom stereocenters. The average Bonchev–Trinajstić information content (AvgIpc) is 3.26. The molecule has 0 bridgehead atoms. The van der Waals surface area contributed by atoms with Crippen molar-refractivity contribution in [3.8, 4) is 5.69 Å². The number of aliphatic hydroxyl groups excluding tert-OH is 1. The molecule has 0 spiro atoms. The molecule has 4 heteroatoms. The summed E-state index contributed by atoms with van der Waals surface area (Å²) in [5, 5.41) is 14.9. The summed E-state index contributed by atoms with van der Waals surface area (Å²) in [4.78, 5) is 2.22. The van der Waals surface area contributed by atoms with E-state index in [-0.39, 0.29) is 6.10 Å². The molecule has 2 aromatic carbocycles. The van der Waals surface area contributed by atoms with E-state index in [1.807, 2.05) is 31.2 Å². The highest BCUT2D eigenvalue weighted by Crippen LogP contribution is 2.29. The largest absolute Gasteiger partial charge is 0.392 e. The Kier molecular flexibility index (Phi) is 4.76. The van der Waals surface area contributed by atoms with Crippen molar-refractivity contribution in [1.29, 1.82) is 0 Å². The maximum Gasteiger partial charge on any atom is 0.0856 e. The van der Waals surface area contributed by atoms with Crippen molar-refractivity contribution in [1.82, 2.24) is 9.78 Å². The maximum absolute atomic E-state index is 9.97. The Morgan fingerprint density at radius 2 is 1.73 bits per heavy atom. The van der Waals surface area contributed by atoms with Gasteiger partial charge in [-0.05, 0) is 56.0 Å². The summed E-state index contributed by atoms with van der Waals surface area (Å²) in [6.45, 7) is 3.15. The van der Waals surface area contributed by atoms with Gasteiger partial charge in [-0.15, -0.1) is 0 Å². The lowest BCUT2D eigenvalue weighted by molar-refractivity contribution is 0.199. The molecule has 1 unspecified atom stereocenters. The molecule has 1 aromatic heterocycles. The van der Waals surface area contributed by atoms with Crippen LogP contribution in [0.3, 0.4) is 0 Å². The van der Waals surface area contributed by atoms with Gasteiger partial charge in [0.2, 0.25) is 0 Å². The Balaban J connectivity index is 1.69. The number of hydrogen-bond acceptors (Lipinski definition) is 3. The van der Waals surface area contributed by atoms with Crippen molar-refractivity contribution in [2.75, 3.05) is 11.4 Å². The monoisotopic (exact) mass is 347 g/mol. The molecule has 1 aliphatic rings. The third-order valence-corrected chi connectivity index (χ3v) is 4.96. The van der Waals surface area contributed by atoms with Crippen molar-refractivity contribution in [2.24, 2.45) is 0 Å². The topological polar surface area (TPSA) is 41.3 Å². The fraction of sp³-hybridized carbons (Fsp3) is 0.318. The van der Waals surface area contributed by atoms with Crippen LogP contribution < -0.4 is 4.90 Å². The van der Waals surface area contributed by atoms with E-state index >= 15 is 0 Å². The number of nitrogens with zero attached hydrogens (tertiary/aromatic N) is 3.